The van der Waals surface area contributed by atoms with E-state index in [9.17, 15) is 14.4 Å². The van der Waals surface area contributed by atoms with Crippen molar-refractivity contribution in [3.63, 3.8) is 0 Å². The van der Waals surface area contributed by atoms with E-state index in [-0.39, 0.29) is 52.3 Å². The quantitative estimate of drug-likeness (QED) is 0.330. The molecule has 0 amide bonds. The third kappa shape index (κ3) is 4.19. The number of ether oxygens (including phenoxy) is 3. The van der Waals surface area contributed by atoms with Gasteiger partial charge in [-0.25, -0.2) is 18.4 Å². The van der Waals surface area contributed by atoms with E-state index < -0.39 is 34.9 Å². The third-order valence-corrected chi connectivity index (χ3v) is 7.38. The van der Waals surface area contributed by atoms with Gasteiger partial charge in [0.15, 0.2) is 17.4 Å². The Morgan fingerprint density at radius 3 is 2.67 bits per heavy atom. The molecule has 0 spiro atoms. The van der Waals surface area contributed by atoms with Crippen LogP contribution in [0, 0.1) is 11.6 Å². The van der Waals surface area contributed by atoms with Gasteiger partial charge in [-0.2, -0.15) is 0 Å². The number of methoxy groups -OCH3 is 1. The number of nitrogens with zero attached hydrogens (tertiary/aromatic N) is 3. The van der Waals surface area contributed by atoms with Gasteiger partial charge in [-0.1, -0.05) is 0 Å². The lowest BCUT2D eigenvalue weighted by Crippen LogP contribution is -2.48. The van der Waals surface area contributed by atoms with E-state index in [1.807, 2.05) is 4.90 Å². The predicted molar refractivity (Wildman–Crippen MR) is 126 cm³/mol. The van der Waals surface area contributed by atoms with Gasteiger partial charge in [0.2, 0.25) is 5.43 Å². The first-order valence-corrected chi connectivity index (χ1v) is 12.0. The zero-order chi connectivity index (χ0) is 25.7. The molecular weight excluding hydrogens is 548 g/mol. The summed E-state index contributed by atoms with van der Waals surface area (Å²) in [5.41, 5.74) is -1.37. The molecule has 192 valence electrons. The van der Waals surface area contributed by atoms with Gasteiger partial charge < -0.3 is 33.7 Å². The second-order valence-corrected chi connectivity index (χ2v) is 9.59. The Kier molecular flexibility index (Phi) is 6.37. The molecule has 1 saturated carbocycles. The molecule has 5 rings (SSSR count). The number of hydrogen-bond acceptors (Lipinski definition) is 8. The van der Waals surface area contributed by atoms with Crippen LogP contribution in [-0.4, -0.2) is 72.2 Å². The van der Waals surface area contributed by atoms with Crippen molar-refractivity contribution < 1.29 is 37.7 Å². The number of anilines is 1. The van der Waals surface area contributed by atoms with Crippen LogP contribution in [0.3, 0.4) is 0 Å². The standard InChI is InChI=1S/C23H22BrF2N3O7/c1-34-15(30)4-5-27-6-7-35-13-9-28(8-12(13)27)21-18(25)17(24)16-20(19(21)26)29(11-2-3-11)10-14(22(16)31)36-23(32)33/h4-5,10-13H,2-3,6-9H2,1H3,(H,32,33)/t12-,13+/m1/s1. The first-order valence-electron chi connectivity index (χ1n) is 11.3. The highest BCUT2D eigenvalue weighted by Gasteiger charge is 2.42. The lowest BCUT2D eigenvalue weighted by Gasteiger charge is -2.35. The van der Waals surface area contributed by atoms with Gasteiger partial charge in [-0.15, -0.1) is 0 Å². The van der Waals surface area contributed by atoms with Crippen molar-refractivity contribution in [2.45, 2.75) is 31.0 Å². The predicted octanol–water partition coefficient (Wildman–Crippen LogP) is 3.01. The summed E-state index contributed by atoms with van der Waals surface area (Å²) in [4.78, 5) is 39.0. The van der Waals surface area contributed by atoms with Crippen molar-refractivity contribution in [2.24, 2.45) is 0 Å². The van der Waals surface area contributed by atoms with Crippen LogP contribution >= 0.6 is 15.9 Å². The Labute approximate surface area is 211 Å². The van der Waals surface area contributed by atoms with Crippen LogP contribution < -0.4 is 15.1 Å². The van der Waals surface area contributed by atoms with Crippen LogP contribution in [0.15, 0.2) is 27.7 Å². The van der Waals surface area contributed by atoms with Gasteiger partial charge >= 0.3 is 12.1 Å². The molecule has 3 heterocycles. The van der Waals surface area contributed by atoms with Crippen molar-refractivity contribution in [3.8, 4) is 5.75 Å². The van der Waals surface area contributed by atoms with Crippen LogP contribution in [0.2, 0.25) is 0 Å². The number of hydrogen-bond donors (Lipinski definition) is 1. The first-order chi connectivity index (χ1) is 17.2. The molecule has 13 heteroatoms. The van der Waals surface area contributed by atoms with E-state index in [0.29, 0.717) is 26.0 Å². The molecule has 1 aromatic carbocycles. The summed E-state index contributed by atoms with van der Waals surface area (Å²) in [5.74, 6) is -2.95. The highest BCUT2D eigenvalue weighted by atomic mass is 79.9. The van der Waals surface area contributed by atoms with Gasteiger partial charge in [0.05, 0.1) is 47.4 Å². The van der Waals surface area contributed by atoms with Crippen molar-refractivity contribution in [2.75, 3.05) is 38.3 Å². The molecule has 3 aliphatic rings. The summed E-state index contributed by atoms with van der Waals surface area (Å²) in [6.07, 6.45) is 3.35. The molecule has 0 unspecified atom stereocenters. The largest absolute Gasteiger partial charge is 0.511 e. The molecular formula is C23H22BrF2N3O7. The maximum atomic E-state index is 16.1. The first kappa shape index (κ1) is 24.5. The summed E-state index contributed by atoms with van der Waals surface area (Å²) in [7, 11) is 1.27. The van der Waals surface area contributed by atoms with Crippen molar-refractivity contribution in [3.05, 3.63) is 44.8 Å². The number of aromatic nitrogens is 1. The fraction of sp³-hybridized carbons (Fsp3) is 0.435. The van der Waals surface area contributed by atoms with Crippen LogP contribution in [0.5, 0.6) is 5.75 Å². The van der Waals surface area contributed by atoms with E-state index in [0.717, 1.165) is 0 Å². The highest BCUT2D eigenvalue weighted by molar-refractivity contribution is 9.10. The average molecular weight is 570 g/mol. The van der Waals surface area contributed by atoms with Crippen molar-refractivity contribution >= 4 is 44.6 Å². The number of benzene rings is 1. The van der Waals surface area contributed by atoms with Gasteiger partial charge in [0, 0.05) is 38.0 Å². The Balaban J connectivity index is 1.59. The van der Waals surface area contributed by atoms with E-state index >= 15 is 8.78 Å². The Hall–Kier alpha value is -3.19. The highest BCUT2D eigenvalue weighted by Crippen LogP contribution is 2.43. The molecule has 1 aliphatic carbocycles. The zero-order valence-electron chi connectivity index (χ0n) is 19.1. The van der Waals surface area contributed by atoms with Crippen molar-refractivity contribution in [1.29, 1.82) is 0 Å². The Morgan fingerprint density at radius 1 is 1.25 bits per heavy atom. The number of carbonyl (C=O) groups is 2. The number of esters is 1. The Morgan fingerprint density at radius 2 is 2.00 bits per heavy atom. The number of carboxylic acid groups (broad SMARTS) is 1. The monoisotopic (exact) mass is 569 g/mol. The molecule has 0 radical (unpaired) electrons. The SMILES string of the molecule is COC(=O)C=CN1CCO[C@H]2CN(c3c(F)c(Br)c4c(=O)c(OC(=O)O)cn(C5CC5)c4c3F)C[C@H]21. The van der Waals surface area contributed by atoms with Crippen LogP contribution in [0.25, 0.3) is 10.9 Å². The molecule has 2 aliphatic heterocycles. The van der Waals surface area contributed by atoms with E-state index in [2.05, 4.69) is 25.4 Å². The van der Waals surface area contributed by atoms with Crippen molar-refractivity contribution in [1.82, 2.24) is 9.47 Å². The molecule has 0 bridgehead atoms. The molecule has 3 fully saturated rings. The van der Waals surface area contributed by atoms with E-state index in [4.69, 9.17) is 9.84 Å². The smallest absolute Gasteiger partial charge is 0.466 e. The topological polar surface area (TPSA) is 111 Å². The maximum Gasteiger partial charge on any atom is 0.511 e. The fourth-order valence-corrected chi connectivity index (χ4v) is 5.41. The third-order valence-electron chi connectivity index (χ3n) is 6.64. The molecule has 10 nitrogen and oxygen atoms in total. The number of rotatable bonds is 5. The normalized spacial score (nSPS) is 21.8. The lowest BCUT2D eigenvalue weighted by molar-refractivity contribution is -0.135. The van der Waals surface area contributed by atoms with Crippen LogP contribution in [0.1, 0.15) is 18.9 Å². The second kappa shape index (κ2) is 9.36. The average Bonchev–Trinajstić information content (AvgIpc) is 3.60. The minimum absolute atomic E-state index is 0.123. The summed E-state index contributed by atoms with van der Waals surface area (Å²) in [5, 5.41) is 8.67. The van der Waals surface area contributed by atoms with Crippen LogP contribution in [0.4, 0.5) is 19.3 Å². The lowest BCUT2D eigenvalue weighted by atomic mass is 10.1. The number of fused-ring (bicyclic) bond motifs is 2. The van der Waals surface area contributed by atoms with E-state index in [1.54, 1.807) is 6.20 Å². The molecule has 2 aromatic rings. The number of carbonyl (C=O) groups excluding carboxylic acids is 1. The molecule has 2 saturated heterocycles. The summed E-state index contributed by atoms with van der Waals surface area (Å²) in [6.45, 7) is 1.26. The molecule has 1 aromatic heterocycles. The fourth-order valence-electron chi connectivity index (χ4n) is 4.85. The Bertz CT molecular complexity index is 1340. The summed E-state index contributed by atoms with van der Waals surface area (Å²) in [6, 6.07) is -0.447. The van der Waals surface area contributed by atoms with Gasteiger partial charge in [-0.05, 0) is 28.8 Å². The van der Waals surface area contributed by atoms with Gasteiger partial charge in [0.1, 0.15) is 5.69 Å². The summed E-state index contributed by atoms with van der Waals surface area (Å²) < 4.78 is 48.0. The number of morpholine rings is 1. The summed E-state index contributed by atoms with van der Waals surface area (Å²) >= 11 is 3.12. The minimum Gasteiger partial charge on any atom is -0.466 e. The number of halogens is 3. The second-order valence-electron chi connectivity index (χ2n) is 8.80. The molecule has 2 atom stereocenters. The van der Waals surface area contributed by atoms with Gasteiger partial charge in [0.25, 0.3) is 0 Å². The van der Waals surface area contributed by atoms with Crippen LogP contribution in [-0.2, 0) is 14.3 Å². The maximum absolute atomic E-state index is 16.1. The zero-order valence-corrected chi connectivity index (χ0v) is 20.7. The van der Waals surface area contributed by atoms with E-state index in [1.165, 1.54) is 28.8 Å². The number of pyridine rings is 1. The molecule has 1 N–H and O–H groups in total. The van der Waals surface area contributed by atoms with Gasteiger partial charge in [-0.3, -0.25) is 4.79 Å². The minimum atomic E-state index is -1.70. The molecule has 36 heavy (non-hydrogen) atoms.